The number of amides is 1. The lowest BCUT2D eigenvalue weighted by atomic mass is 9.91. The average Bonchev–Trinajstić information content (AvgIpc) is 3.16. The summed E-state index contributed by atoms with van der Waals surface area (Å²) in [6.07, 6.45) is 2.32. The van der Waals surface area contributed by atoms with Crippen molar-refractivity contribution < 1.29 is 4.79 Å². The third kappa shape index (κ3) is 3.48. The molecule has 1 unspecified atom stereocenters. The van der Waals surface area contributed by atoms with Crippen LogP contribution in [0.25, 0.3) is 0 Å². The molecule has 1 aromatic carbocycles. The molecule has 0 bridgehead atoms. The van der Waals surface area contributed by atoms with Crippen molar-refractivity contribution in [3.8, 4) is 0 Å². The van der Waals surface area contributed by atoms with Gasteiger partial charge in [-0.25, -0.2) is 0 Å². The van der Waals surface area contributed by atoms with E-state index in [1.165, 1.54) is 11.1 Å². The van der Waals surface area contributed by atoms with Crippen molar-refractivity contribution in [2.75, 3.05) is 13.1 Å². The number of halogens is 1. The van der Waals surface area contributed by atoms with Crippen LogP contribution in [0, 0.1) is 12.8 Å². The number of nitrogens with one attached hydrogen (secondary N) is 1. The normalized spacial score (nSPS) is 17.2. The van der Waals surface area contributed by atoms with Gasteiger partial charge >= 0.3 is 0 Å². The van der Waals surface area contributed by atoms with Crippen LogP contribution >= 0.6 is 12.4 Å². The summed E-state index contributed by atoms with van der Waals surface area (Å²) in [6, 6.07) is 8.46. The molecule has 0 aromatic heterocycles. The van der Waals surface area contributed by atoms with Gasteiger partial charge < -0.3 is 11.1 Å². The molecule has 19 heavy (non-hydrogen) atoms. The van der Waals surface area contributed by atoms with E-state index >= 15 is 0 Å². The van der Waals surface area contributed by atoms with Gasteiger partial charge in [-0.3, -0.25) is 4.79 Å². The molecule has 0 saturated heterocycles. The first kappa shape index (κ1) is 16.0. The number of nitrogens with two attached hydrogens (primary N) is 1. The highest BCUT2D eigenvalue weighted by atomic mass is 35.5. The second-order valence-corrected chi connectivity index (χ2v) is 5.45. The first-order chi connectivity index (χ1) is 8.59. The van der Waals surface area contributed by atoms with E-state index in [4.69, 9.17) is 5.73 Å². The van der Waals surface area contributed by atoms with E-state index in [9.17, 15) is 4.79 Å². The van der Waals surface area contributed by atoms with Gasteiger partial charge in [-0.1, -0.05) is 31.2 Å². The van der Waals surface area contributed by atoms with Crippen molar-refractivity contribution >= 4 is 18.3 Å². The Morgan fingerprint density at radius 3 is 2.58 bits per heavy atom. The highest BCUT2D eigenvalue weighted by Crippen LogP contribution is 2.48. The van der Waals surface area contributed by atoms with Crippen LogP contribution in [0.4, 0.5) is 0 Å². The van der Waals surface area contributed by atoms with Crippen molar-refractivity contribution in [2.24, 2.45) is 11.7 Å². The standard InChI is InChI=1S/C15H22N2O.ClH/c1-11-5-3-4-6-13(11)15(7-8-15)10-17-14(18)12(2)9-16;/h3-6,12H,7-10,16H2,1-2H3,(H,17,18);1H. The number of rotatable bonds is 5. The summed E-state index contributed by atoms with van der Waals surface area (Å²) in [5.74, 6) is -0.0324. The van der Waals surface area contributed by atoms with E-state index in [2.05, 4.69) is 36.5 Å². The Bertz CT molecular complexity index is 444. The molecule has 1 aliphatic carbocycles. The lowest BCUT2D eigenvalue weighted by Crippen LogP contribution is -2.38. The first-order valence-electron chi connectivity index (χ1n) is 6.63. The molecule has 3 N–H and O–H groups in total. The zero-order chi connectivity index (χ0) is 13.2. The minimum Gasteiger partial charge on any atom is -0.355 e. The van der Waals surface area contributed by atoms with Crippen LogP contribution < -0.4 is 11.1 Å². The largest absolute Gasteiger partial charge is 0.355 e. The Morgan fingerprint density at radius 2 is 2.05 bits per heavy atom. The van der Waals surface area contributed by atoms with Crippen molar-refractivity contribution in [1.82, 2.24) is 5.32 Å². The van der Waals surface area contributed by atoms with Crippen LogP contribution in [0.2, 0.25) is 0 Å². The summed E-state index contributed by atoms with van der Waals surface area (Å²) in [5, 5.41) is 3.04. The van der Waals surface area contributed by atoms with E-state index in [-0.39, 0.29) is 29.6 Å². The molecule has 0 heterocycles. The predicted octanol–water partition coefficient (Wildman–Crippen LogP) is 2.16. The number of carbonyl (C=O) groups excluding carboxylic acids is 1. The molecular weight excluding hydrogens is 260 g/mol. The highest BCUT2D eigenvalue weighted by Gasteiger charge is 2.45. The fourth-order valence-electron chi connectivity index (χ4n) is 2.40. The third-order valence-corrected chi connectivity index (χ3v) is 3.97. The Labute approximate surface area is 121 Å². The Kier molecular flexibility index (Phi) is 5.39. The minimum absolute atomic E-state index is 0. The SMILES string of the molecule is Cc1ccccc1C1(CNC(=O)C(C)CN)CC1.Cl. The van der Waals surface area contributed by atoms with Crippen molar-refractivity contribution in [2.45, 2.75) is 32.1 Å². The van der Waals surface area contributed by atoms with Gasteiger partial charge in [0.1, 0.15) is 0 Å². The Balaban J connectivity index is 0.00000180. The third-order valence-electron chi connectivity index (χ3n) is 3.97. The molecule has 1 saturated carbocycles. The Hall–Kier alpha value is -1.06. The van der Waals surface area contributed by atoms with E-state index in [0.29, 0.717) is 6.54 Å². The van der Waals surface area contributed by atoms with Crippen molar-refractivity contribution in [3.63, 3.8) is 0 Å². The fourth-order valence-corrected chi connectivity index (χ4v) is 2.40. The van der Waals surface area contributed by atoms with Crippen molar-refractivity contribution in [1.29, 1.82) is 0 Å². The zero-order valence-corrected chi connectivity index (χ0v) is 12.4. The van der Waals surface area contributed by atoms with Gasteiger partial charge in [0, 0.05) is 24.4 Å². The number of hydrogen-bond donors (Lipinski definition) is 2. The molecule has 106 valence electrons. The maximum absolute atomic E-state index is 11.8. The molecule has 1 amide bonds. The van der Waals surface area contributed by atoms with E-state index in [1.807, 2.05) is 6.92 Å². The quantitative estimate of drug-likeness (QED) is 0.869. The molecule has 0 aliphatic heterocycles. The van der Waals surface area contributed by atoms with Crippen LogP contribution in [0.5, 0.6) is 0 Å². The lowest BCUT2D eigenvalue weighted by Gasteiger charge is -2.20. The van der Waals surface area contributed by atoms with Gasteiger partial charge in [-0.15, -0.1) is 12.4 Å². The Morgan fingerprint density at radius 1 is 1.42 bits per heavy atom. The monoisotopic (exact) mass is 282 g/mol. The summed E-state index contributed by atoms with van der Waals surface area (Å²) >= 11 is 0. The van der Waals surface area contributed by atoms with E-state index < -0.39 is 0 Å². The minimum atomic E-state index is -0.0994. The highest BCUT2D eigenvalue weighted by molar-refractivity contribution is 5.85. The van der Waals surface area contributed by atoms with Crippen LogP contribution in [0.3, 0.4) is 0 Å². The molecule has 1 atom stereocenters. The lowest BCUT2D eigenvalue weighted by molar-refractivity contribution is -0.124. The van der Waals surface area contributed by atoms with Crippen LogP contribution in [-0.4, -0.2) is 19.0 Å². The molecule has 3 nitrogen and oxygen atoms in total. The van der Waals surface area contributed by atoms with Gasteiger partial charge in [0.25, 0.3) is 0 Å². The summed E-state index contributed by atoms with van der Waals surface area (Å²) in [5.41, 5.74) is 8.37. The molecule has 1 aromatic rings. The summed E-state index contributed by atoms with van der Waals surface area (Å²) < 4.78 is 0. The number of hydrogen-bond acceptors (Lipinski definition) is 2. The van der Waals surface area contributed by atoms with Crippen LogP contribution in [-0.2, 0) is 10.2 Å². The molecule has 0 spiro atoms. The second kappa shape index (κ2) is 6.40. The fraction of sp³-hybridized carbons (Fsp3) is 0.533. The molecular formula is C15H23ClN2O. The van der Waals surface area contributed by atoms with Gasteiger partial charge in [0.2, 0.25) is 5.91 Å². The number of carbonyl (C=O) groups is 1. The van der Waals surface area contributed by atoms with Crippen LogP contribution in [0.15, 0.2) is 24.3 Å². The van der Waals surface area contributed by atoms with Gasteiger partial charge in [0.15, 0.2) is 0 Å². The van der Waals surface area contributed by atoms with Gasteiger partial charge in [-0.05, 0) is 30.9 Å². The van der Waals surface area contributed by atoms with Gasteiger partial charge in [0.05, 0.1) is 0 Å². The number of aryl methyl sites for hydroxylation is 1. The number of benzene rings is 1. The molecule has 2 rings (SSSR count). The molecule has 4 heteroatoms. The molecule has 1 fully saturated rings. The van der Waals surface area contributed by atoms with E-state index in [0.717, 1.165) is 19.4 Å². The zero-order valence-electron chi connectivity index (χ0n) is 11.6. The van der Waals surface area contributed by atoms with Gasteiger partial charge in [-0.2, -0.15) is 0 Å². The molecule has 0 radical (unpaired) electrons. The predicted molar refractivity (Wildman–Crippen MR) is 80.6 cm³/mol. The topological polar surface area (TPSA) is 55.1 Å². The maximum atomic E-state index is 11.8. The maximum Gasteiger partial charge on any atom is 0.224 e. The summed E-state index contributed by atoms with van der Waals surface area (Å²) in [4.78, 5) is 11.8. The second-order valence-electron chi connectivity index (χ2n) is 5.45. The van der Waals surface area contributed by atoms with Crippen molar-refractivity contribution in [3.05, 3.63) is 35.4 Å². The van der Waals surface area contributed by atoms with Crippen LogP contribution in [0.1, 0.15) is 30.9 Å². The smallest absolute Gasteiger partial charge is 0.224 e. The summed E-state index contributed by atoms with van der Waals surface area (Å²) in [6.45, 7) is 5.15. The average molecular weight is 283 g/mol. The first-order valence-corrected chi connectivity index (χ1v) is 6.63. The van der Waals surface area contributed by atoms with E-state index in [1.54, 1.807) is 0 Å². The molecule has 1 aliphatic rings. The summed E-state index contributed by atoms with van der Waals surface area (Å²) in [7, 11) is 0.